The van der Waals surface area contributed by atoms with Crippen LogP contribution in [-0.2, 0) is 18.4 Å². The molecule has 0 unspecified atom stereocenters. The second-order valence-electron chi connectivity index (χ2n) is 4.77. The minimum Gasteiger partial charge on any atom is -0.323 e. The molecule has 0 bridgehead atoms. The number of carbonyl (C=O) groups is 1. The van der Waals surface area contributed by atoms with Crippen LogP contribution in [0.5, 0.6) is 0 Å². The van der Waals surface area contributed by atoms with Gasteiger partial charge in [-0.2, -0.15) is 5.10 Å². The molecule has 23 heavy (non-hydrogen) atoms. The van der Waals surface area contributed by atoms with E-state index in [-0.39, 0.29) is 11.7 Å². The van der Waals surface area contributed by atoms with Gasteiger partial charge in [0, 0.05) is 19.8 Å². The summed E-state index contributed by atoms with van der Waals surface area (Å²) in [5.41, 5.74) is 0.689. The molecule has 1 N–H and O–H groups in total. The highest BCUT2D eigenvalue weighted by atomic mass is 32.2. The van der Waals surface area contributed by atoms with Gasteiger partial charge in [-0.3, -0.25) is 9.48 Å². The first-order valence-electron chi connectivity index (χ1n) is 7.05. The SMILES string of the molecule is CCn1c(SCC(=O)Nc2cnn(C)c2)nnc1-c1cccs1. The number of thiophene rings is 1. The summed E-state index contributed by atoms with van der Waals surface area (Å²) in [6, 6.07) is 4.01. The van der Waals surface area contributed by atoms with Crippen molar-refractivity contribution in [3.63, 3.8) is 0 Å². The van der Waals surface area contributed by atoms with Gasteiger partial charge >= 0.3 is 0 Å². The Labute approximate surface area is 141 Å². The van der Waals surface area contributed by atoms with Crippen molar-refractivity contribution in [3.05, 3.63) is 29.9 Å². The normalized spacial score (nSPS) is 10.9. The van der Waals surface area contributed by atoms with Crippen molar-refractivity contribution in [2.24, 2.45) is 7.05 Å². The van der Waals surface area contributed by atoms with Crippen LogP contribution in [0, 0.1) is 0 Å². The molecule has 7 nitrogen and oxygen atoms in total. The Balaban J connectivity index is 1.65. The summed E-state index contributed by atoms with van der Waals surface area (Å²) in [5.74, 6) is 1.03. The summed E-state index contributed by atoms with van der Waals surface area (Å²) in [4.78, 5) is 13.1. The Morgan fingerprint density at radius 1 is 1.43 bits per heavy atom. The van der Waals surface area contributed by atoms with Crippen LogP contribution in [-0.4, -0.2) is 36.2 Å². The summed E-state index contributed by atoms with van der Waals surface area (Å²) in [6.07, 6.45) is 3.37. The van der Waals surface area contributed by atoms with E-state index < -0.39 is 0 Å². The number of anilines is 1. The number of aryl methyl sites for hydroxylation is 1. The molecule has 0 radical (unpaired) electrons. The zero-order chi connectivity index (χ0) is 16.2. The van der Waals surface area contributed by atoms with Gasteiger partial charge in [0.2, 0.25) is 5.91 Å². The van der Waals surface area contributed by atoms with Gasteiger partial charge in [-0.05, 0) is 18.4 Å². The number of nitrogens with zero attached hydrogens (tertiary/aromatic N) is 5. The highest BCUT2D eigenvalue weighted by Gasteiger charge is 2.15. The van der Waals surface area contributed by atoms with Crippen molar-refractivity contribution >= 4 is 34.7 Å². The van der Waals surface area contributed by atoms with Crippen LogP contribution in [0.15, 0.2) is 35.1 Å². The number of nitrogens with one attached hydrogen (secondary N) is 1. The molecule has 0 spiro atoms. The molecule has 3 aromatic rings. The summed E-state index contributed by atoms with van der Waals surface area (Å²) < 4.78 is 3.66. The average molecular weight is 348 g/mol. The lowest BCUT2D eigenvalue weighted by atomic mass is 10.4. The third-order valence-corrected chi connectivity index (χ3v) is 4.93. The molecule has 0 saturated heterocycles. The van der Waals surface area contributed by atoms with Gasteiger partial charge in [0.05, 0.1) is 22.5 Å². The lowest BCUT2D eigenvalue weighted by Gasteiger charge is -2.06. The largest absolute Gasteiger partial charge is 0.323 e. The lowest BCUT2D eigenvalue weighted by Crippen LogP contribution is -2.14. The summed E-state index contributed by atoms with van der Waals surface area (Å²) in [5, 5.41) is 18.0. The molecule has 120 valence electrons. The minimum atomic E-state index is -0.0914. The van der Waals surface area contributed by atoms with Gasteiger partial charge in [0.1, 0.15) is 0 Å². The summed E-state index contributed by atoms with van der Waals surface area (Å²) in [7, 11) is 1.81. The van der Waals surface area contributed by atoms with Crippen LogP contribution in [0.3, 0.4) is 0 Å². The van der Waals surface area contributed by atoms with E-state index in [9.17, 15) is 4.79 Å². The average Bonchev–Trinajstić information content (AvgIpc) is 3.24. The van der Waals surface area contributed by atoms with Crippen molar-refractivity contribution < 1.29 is 4.79 Å². The molecular weight excluding hydrogens is 332 g/mol. The predicted octanol–water partition coefficient (Wildman–Crippen LogP) is 2.49. The fourth-order valence-corrected chi connectivity index (χ4v) is 3.60. The number of hydrogen-bond acceptors (Lipinski definition) is 6. The molecule has 3 aromatic heterocycles. The monoisotopic (exact) mass is 348 g/mol. The number of carbonyl (C=O) groups excluding carboxylic acids is 1. The van der Waals surface area contributed by atoms with Crippen molar-refractivity contribution in [3.8, 4) is 10.7 Å². The first kappa shape index (κ1) is 15.8. The first-order valence-corrected chi connectivity index (χ1v) is 8.92. The fraction of sp³-hybridized carbons (Fsp3) is 0.286. The van der Waals surface area contributed by atoms with E-state index in [1.165, 1.54) is 11.8 Å². The minimum absolute atomic E-state index is 0.0914. The smallest absolute Gasteiger partial charge is 0.234 e. The molecule has 0 saturated carbocycles. The molecule has 3 rings (SSSR count). The van der Waals surface area contributed by atoms with Crippen molar-refractivity contribution in [1.82, 2.24) is 24.5 Å². The molecule has 0 aliphatic heterocycles. The molecule has 0 aliphatic carbocycles. The van der Waals surface area contributed by atoms with Gasteiger partial charge in [0.25, 0.3) is 0 Å². The third-order valence-electron chi connectivity index (χ3n) is 3.10. The quantitative estimate of drug-likeness (QED) is 0.693. The Bertz CT molecular complexity index is 792. The van der Waals surface area contributed by atoms with Gasteiger partial charge < -0.3 is 9.88 Å². The van der Waals surface area contributed by atoms with E-state index in [1.54, 1.807) is 35.5 Å². The van der Waals surface area contributed by atoms with Crippen LogP contribution in [0.25, 0.3) is 10.7 Å². The Morgan fingerprint density at radius 3 is 2.96 bits per heavy atom. The number of hydrogen-bond donors (Lipinski definition) is 1. The number of rotatable bonds is 6. The molecular formula is C14H16N6OS2. The topological polar surface area (TPSA) is 77.6 Å². The van der Waals surface area contributed by atoms with Gasteiger partial charge in [-0.25, -0.2) is 0 Å². The zero-order valence-corrected chi connectivity index (χ0v) is 14.4. The molecule has 0 atom stereocenters. The molecule has 3 heterocycles. The van der Waals surface area contributed by atoms with Crippen LogP contribution in [0.2, 0.25) is 0 Å². The fourth-order valence-electron chi connectivity index (χ4n) is 2.08. The molecule has 1 amide bonds. The Kier molecular flexibility index (Phi) is 4.77. The third kappa shape index (κ3) is 3.62. The Morgan fingerprint density at radius 2 is 2.30 bits per heavy atom. The second-order valence-corrected chi connectivity index (χ2v) is 6.66. The lowest BCUT2D eigenvalue weighted by molar-refractivity contribution is -0.113. The molecule has 0 fully saturated rings. The van der Waals surface area contributed by atoms with Crippen molar-refractivity contribution in [2.45, 2.75) is 18.6 Å². The number of amides is 1. The first-order chi connectivity index (χ1) is 11.2. The Hall–Kier alpha value is -2.13. The van der Waals surface area contributed by atoms with Crippen molar-refractivity contribution in [1.29, 1.82) is 0 Å². The summed E-state index contributed by atoms with van der Waals surface area (Å²) in [6.45, 7) is 2.80. The van der Waals surface area contributed by atoms with Crippen LogP contribution < -0.4 is 5.32 Å². The van der Waals surface area contributed by atoms with E-state index in [4.69, 9.17) is 0 Å². The van der Waals surface area contributed by atoms with E-state index in [2.05, 4.69) is 20.6 Å². The van der Waals surface area contributed by atoms with Gasteiger partial charge in [0.15, 0.2) is 11.0 Å². The highest BCUT2D eigenvalue weighted by Crippen LogP contribution is 2.27. The maximum absolute atomic E-state index is 12.0. The number of aromatic nitrogens is 5. The second kappa shape index (κ2) is 6.97. The van der Waals surface area contributed by atoms with E-state index in [0.717, 1.165) is 22.4 Å². The van der Waals surface area contributed by atoms with E-state index >= 15 is 0 Å². The van der Waals surface area contributed by atoms with E-state index in [1.807, 2.05) is 29.0 Å². The molecule has 0 aromatic carbocycles. The maximum atomic E-state index is 12.0. The van der Waals surface area contributed by atoms with Crippen LogP contribution in [0.1, 0.15) is 6.92 Å². The van der Waals surface area contributed by atoms with Crippen molar-refractivity contribution in [2.75, 3.05) is 11.1 Å². The molecule has 9 heteroatoms. The van der Waals surface area contributed by atoms with Gasteiger partial charge in [-0.1, -0.05) is 17.8 Å². The predicted molar refractivity (Wildman–Crippen MR) is 91.6 cm³/mol. The standard InChI is InChI=1S/C14H16N6OS2/c1-3-20-13(11-5-4-6-22-11)17-18-14(20)23-9-12(21)16-10-7-15-19(2)8-10/h4-8H,3,9H2,1-2H3,(H,16,21). The van der Waals surface area contributed by atoms with Gasteiger partial charge in [-0.15, -0.1) is 21.5 Å². The van der Waals surface area contributed by atoms with E-state index in [0.29, 0.717) is 5.69 Å². The highest BCUT2D eigenvalue weighted by molar-refractivity contribution is 7.99. The molecule has 0 aliphatic rings. The maximum Gasteiger partial charge on any atom is 0.234 e. The zero-order valence-electron chi connectivity index (χ0n) is 12.8. The van der Waals surface area contributed by atoms with Crippen LogP contribution in [0.4, 0.5) is 5.69 Å². The van der Waals surface area contributed by atoms with Crippen LogP contribution >= 0.6 is 23.1 Å². The summed E-state index contributed by atoms with van der Waals surface area (Å²) >= 11 is 3.00. The number of thioether (sulfide) groups is 1.